The molecule has 2 N–H and O–H groups in total. The molecule has 4 nitrogen and oxygen atoms in total. The van der Waals surface area contributed by atoms with E-state index in [0.29, 0.717) is 24.3 Å². The molecule has 110 valence electrons. The zero-order valence-corrected chi connectivity index (χ0v) is 12.3. The summed E-state index contributed by atoms with van der Waals surface area (Å²) in [5, 5.41) is 12.0. The van der Waals surface area contributed by atoms with Gasteiger partial charge in [-0.1, -0.05) is 38.5 Å². The van der Waals surface area contributed by atoms with Crippen LogP contribution >= 0.6 is 0 Å². The molecule has 0 heterocycles. The number of hydrogen-bond acceptors (Lipinski definition) is 2. The van der Waals surface area contributed by atoms with Gasteiger partial charge < -0.3 is 10.4 Å². The summed E-state index contributed by atoms with van der Waals surface area (Å²) in [6.07, 6.45) is 1.77. The molecule has 1 aromatic carbocycles. The summed E-state index contributed by atoms with van der Waals surface area (Å²) in [7, 11) is 0. The molecule has 1 aromatic rings. The van der Waals surface area contributed by atoms with E-state index in [9.17, 15) is 9.59 Å². The number of carbonyl (C=O) groups is 2. The third-order valence-corrected chi connectivity index (χ3v) is 3.76. The normalized spacial score (nSPS) is 13.6. The van der Waals surface area contributed by atoms with Gasteiger partial charge in [0, 0.05) is 12.5 Å². The number of carboxylic acid groups (broad SMARTS) is 1. The van der Waals surface area contributed by atoms with Gasteiger partial charge in [-0.3, -0.25) is 4.79 Å². The molecule has 20 heavy (non-hydrogen) atoms. The number of aromatic carboxylic acids is 1. The highest BCUT2D eigenvalue weighted by Gasteiger charge is 2.14. The van der Waals surface area contributed by atoms with Crippen LogP contribution < -0.4 is 5.32 Å². The van der Waals surface area contributed by atoms with Crippen molar-refractivity contribution in [2.75, 3.05) is 0 Å². The lowest BCUT2D eigenvalue weighted by molar-refractivity contribution is -0.122. The summed E-state index contributed by atoms with van der Waals surface area (Å²) < 4.78 is 0. The van der Waals surface area contributed by atoms with Crippen LogP contribution in [-0.4, -0.2) is 23.0 Å². The minimum Gasteiger partial charge on any atom is -0.478 e. The molecule has 2 unspecified atom stereocenters. The summed E-state index contributed by atoms with van der Waals surface area (Å²) in [6.45, 7) is 6.19. The fraction of sp³-hybridized carbons (Fsp3) is 0.500. The lowest BCUT2D eigenvalue weighted by Gasteiger charge is -2.19. The Morgan fingerprint density at radius 2 is 1.90 bits per heavy atom. The van der Waals surface area contributed by atoms with Crippen molar-refractivity contribution >= 4 is 11.9 Å². The van der Waals surface area contributed by atoms with Crippen molar-refractivity contribution in [3.8, 4) is 0 Å². The Labute approximate surface area is 120 Å². The van der Waals surface area contributed by atoms with Crippen LogP contribution in [-0.2, 0) is 11.2 Å². The first-order valence-corrected chi connectivity index (χ1v) is 7.06. The Bertz CT molecular complexity index is 471. The predicted octanol–water partition coefficient (Wildman–Crippen LogP) is 2.87. The maximum atomic E-state index is 11.9. The standard InChI is InChI=1S/C16H23NO3/c1-4-11(2)12(3)17-15(18)10-9-13-7-5-6-8-14(13)16(19)20/h5-8,11-12H,4,9-10H2,1-3H3,(H,17,18)(H,19,20). The van der Waals surface area contributed by atoms with Crippen molar-refractivity contribution in [1.29, 1.82) is 0 Å². The highest BCUT2D eigenvalue weighted by molar-refractivity contribution is 5.89. The van der Waals surface area contributed by atoms with E-state index in [4.69, 9.17) is 5.11 Å². The maximum absolute atomic E-state index is 11.9. The van der Waals surface area contributed by atoms with Gasteiger partial charge in [-0.25, -0.2) is 4.79 Å². The van der Waals surface area contributed by atoms with E-state index >= 15 is 0 Å². The van der Waals surface area contributed by atoms with Crippen LogP contribution in [0, 0.1) is 5.92 Å². The summed E-state index contributed by atoms with van der Waals surface area (Å²) in [5.74, 6) is -0.544. The van der Waals surface area contributed by atoms with Crippen LogP contribution in [0.3, 0.4) is 0 Å². The molecule has 0 saturated heterocycles. The lowest BCUT2D eigenvalue weighted by Crippen LogP contribution is -2.37. The molecule has 1 rings (SSSR count). The van der Waals surface area contributed by atoms with Crippen molar-refractivity contribution in [3.05, 3.63) is 35.4 Å². The van der Waals surface area contributed by atoms with Gasteiger partial charge in [-0.2, -0.15) is 0 Å². The molecule has 0 aliphatic rings. The first kappa shape index (κ1) is 16.2. The second-order valence-corrected chi connectivity index (χ2v) is 5.20. The summed E-state index contributed by atoms with van der Waals surface area (Å²) in [4.78, 5) is 22.9. The van der Waals surface area contributed by atoms with E-state index in [-0.39, 0.29) is 17.5 Å². The molecule has 0 radical (unpaired) electrons. The monoisotopic (exact) mass is 277 g/mol. The number of nitrogens with one attached hydrogen (secondary N) is 1. The molecule has 0 bridgehead atoms. The van der Waals surface area contributed by atoms with Crippen molar-refractivity contribution in [2.24, 2.45) is 5.92 Å². The van der Waals surface area contributed by atoms with E-state index in [0.717, 1.165) is 6.42 Å². The van der Waals surface area contributed by atoms with Crippen LogP contribution in [0.25, 0.3) is 0 Å². The van der Waals surface area contributed by atoms with Crippen LogP contribution in [0.15, 0.2) is 24.3 Å². The number of carboxylic acids is 1. The Balaban J connectivity index is 2.55. The van der Waals surface area contributed by atoms with Gasteiger partial charge >= 0.3 is 5.97 Å². The van der Waals surface area contributed by atoms with Gasteiger partial charge in [0.2, 0.25) is 5.91 Å². The van der Waals surface area contributed by atoms with E-state index < -0.39 is 5.97 Å². The lowest BCUT2D eigenvalue weighted by atomic mass is 10.00. The van der Waals surface area contributed by atoms with Gasteiger partial charge in [-0.05, 0) is 30.9 Å². The Hall–Kier alpha value is -1.84. The zero-order chi connectivity index (χ0) is 15.1. The molecule has 2 atom stereocenters. The van der Waals surface area contributed by atoms with Crippen LogP contribution in [0.4, 0.5) is 0 Å². The molecule has 0 fully saturated rings. The smallest absolute Gasteiger partial charge is 0.335 e. The van der Waals surface area contributed by atoms with Crippen molar-refractivity contribution in [3.63, 3.8) is 0 Å². The molecule has 0 aliphatic heterocycles. The predicted molar refractivity (Wildman–Crippen MR) is 78.8 cm³/mol. The van der Waals surface area contributed by atoms with Crippen molar-refractivity contribution in [2.45, 2.75) is 46.1 Å². The molecule has 1 amide bonds. The van der Waals surface area contributed by atoms with E-state index in [1.165, 1.54) is 0 Å². The van der Waals surface area contributed by atoms with E-state index in [2.05, 4.69) is 19.2 Å². The third-order valence-electron chi connectivity index (χ3n) is 3.76. The van der Waals surface area contributed by atoms with Crippen molar-refractivity contribution in [1.82, 2.24) is 5.32 Å². The molecular weight excluding hydrogens is 254 g/mol. The largest absolute Gasteiger partial charge is 0.478 e. The van der Waals surface area contributed by atoms with Gasteiger partial charge in [0.25, 0.3) is 0 Å². The molecule has 0 spiro atoms. The van der Waals surface area contributed by atoms with E-state index in [1.807, 2.05) is 6.92 Å². The highest BCUT2D eigenvalue weighted by Crippen LogP contribution is 2.12. The molecule has 4 heteroatoms. The van der Waals surface area contributed by atoms with Gasteiger partial charge in [0.05, 0.1) is 5.56 Å². The minimum atomic E-state index is -0.950. The molecule has 0 saturated carbocycles. The third kappa shape index (κ3) is 4.68. The summed E-state index contributed by atoms with van der Waals surface area (Å²) in [5.41, 5.74) is 0.974. The number of rotatable bonds is 7. The molecular formula is C16H23NO3. The van der Waals surface area contributed by atoms with Crippen LogP contribution in [0.5, 0.6) is 0 Å². The first-order chi connectivity index (χ1) is 9.45. The Morgan fingerprint density at radius 3 is 2.50 bits per heavy atom. The Morgan fingerprint density at radius 1 is 1.25 bits per heavy atom. The number of aryl methyl sites for hydroxylation is 1. The summed E-state index contributed by atoms with van der Waals surface area (Å²) in [6, 6.07) is 6.95. The average molecular weight is 277 g/mol. The van der Waals surface area contributed by atoms with Gasteiger partial charge in [0.1, 0.15) is 0 Å². The van der Waals surface area contributed by atoms with Crippen LogP contribution in [0.2, 0.25) is 0 Å². The van der Waals surface area contributed by atoms with Gasteiger partial charge in [0.15, 0.2) is 0 Å². The minimum absolute atomic E-state index is 0.0296. The number of amides is 1. The van der Waals surface area contributed by atoms with Gasteiger partial charge in [-0.15, -0.1) is 0 Å². The molecule has 0 aliphatic carbocycles. The SMILES string of the molecule is CCC(C)C(C)NC(=O)CCc1ccccc1C(=O)O. The zero-order valence-electron chi connectivity index (χ0n) is 12.3. The number of benzene rings is 1. The second-order valence-electron chi connectivity index (χ2n) is 5.20. The Kier molecular flexibility index (Phi) is 6.22. The van der Waals surface area contributed by atoms with E-state index in [1.54, 1.807) is 24.3 Å². The maximum Gasteiger partial charge on any atom is 0.335 e. The highest BCUT2D eigenvalue weighted by atomic mass is 16.4. The number of carbonyl (C=O) groups excluding carboxylic acids is 1. The van der Waals surface area contributed by atoms with Crippen LogP contribution in [0.1, 0.15) is 49.5 Å². The topological polar surface area (TPSA) is 66.4 Å². The summed E-state index contributed by atoms with van der Waals surface area (Å²) >= 11 is 0. The van der Waals surface area contributed by atoms with Crippen molar-refractivity contribution < 1.29 is 14.7 Å². The number of hydrogen-bond donors (Lipinski definition) is 2. The average Bonchev–Trinajstić information content (AvgIpc) is 2.44. The fourth-order valence-electron chi connectivity index (χ4n) is 2.02. The quantitative estimate of drug-likeness (QED) is 0.805. The first-order valence-electron chi connectivity index (χ1n) is 7.06. The fourth-order valence-corrected chi connectivity index (χ4v) is 2.02. The second kappa shape index (κ2) is 7.68. The molecule has 0 aromatic heterocycles.